The van der Waals surface area contributed by atoms with Gasteiger partial charge in [-0.1, -0.05) is 6.07 Å². The van der Waals surface area contributed by atoms with Crippen molar-refractivity contribution in [2.75, 3.05) is 78.5 Å². The van der Waals surface area contributed by atoms with Crippen LogP contribution in [0.1, 0.15) is 18.1 Å². The van der Waals surface area contributed by atoms with Crippen molar-refractivity contribution < 1.29 is 38.0 Å². The van der Waals surface area contributed by atoms with Gasteiger partial charge in [0.1, 0.15) is 6.61 Å². The molecule has 0 bridgehead atoms. The monoisotopic (exact) mass is 441 g/mol. The topological polar surface area (TPSA) is 102 Å². The molecule has 0 aliphatic carbocycles. The van der Waals surface area contributed by atoms with Crippen LogP contribution in [0.3, 0.4) is 0 Å². The van der Waals surface area contributed by atoms with Crippen molar-refractivity contribution in [3.63, 3.8) is 0 Å². The van der Waals surface area contributed by atoms with E-state index in [1.165, 1.54) is 6.92 Å². The Bertz CT molecular complexity index is 638. The van der Waals surface area contributed by atoms with Crippen molar-refractivity contribution in [1.82, 2.24) is 0 Å². The maximum Gasteiger partial charge on any atom is 0.310 e. The fourth-order valence-corrected chi connectivity index (χ4v) is 2.50. The molecule has 0 heterocycles. The summed E-state index contributed by atoms with van der Waals surface area (Å²) in [6.45, 7) is 7.88. The van der Waals surface area contributed by atoms with Crippen molar-refractivity contribution in [3.8, 4) is 0 Å². The number of ether oxygens (including phenoxy) is 6. The van der Waals surface area contributed by atoms with E-state index in [9.17, 15) is 9.59 Å². The highest BCUT2D eigenvalue weighted by Crippen LogP contribution is 2.16. The minimum absolute atomic E-state index is 0.134. The fourth-order valence-electron chi connectivity index (χ4n) is 2.50. The minimum atomic E-state index is -0.321. The largest absolute Gasteiger partial charge is 0.463 e. The van der Waals surface area contributed by atoms with E-state index in [-0.39, 0.29) is 24.9 Å². The first kappa shape index (κ1) is 27.0. The molecule has 1 N–H and O–H groups in total. The van der Waals surface area contributed by atoms with E-state index >= 15 is 0 Å². The molecule has 0 radical (unpaired) electrons. The number of carbonyl (C=O) groups is 2. The van der Waals surface area contributed by atoms with Crippen LogP contribution in [0.4, 0.5) is 5.69 Å². The molecule has 0 aromatic heterocycles. The lowest BCUT2D eigenvalue weighted by molar-refractivity contribution is -0.144. The van der Waals surface area contributed by atoms with Gasteiger partial charge in [0.2, 0.25) is 5.91 Å². The summed E-state index contributed by atoms with van der Waals surface area (Å²) in [6.07, 6.45) is 0.173. The summed E-state index contributed by atoms with van der Waals surface area (Å²) in [5, 5.41) is 2.71. The number of hydrogen-bond acceptors (Lipinski definition) is 8. The van der Waals surface area contributed by atoms with Gasteiger partial charge in [0.05, 0.1) is 65.9 Å². The van der Waals surface area contributed by atoms with Crippen LogP contribution in [0.15, 0.2) is 18.2 Å². The van der Waals surface area contributed by atoms with Gasteiger partial charge in [-0.2, -0.15) is 0 Å². The summed E-state index contributed by atoms with van der Waals surface area (Å²) < 4.78 is 31.5. The lowest BCUT2D eigenvalue weighted by Crippen LogP contribution is -2.16. The van der Waals surface area contributed by atoms with Gasteiger partial charge in [0.15, 0.2) is 0 Å². The molecule has 0 saturated heterocycles. The Labute approximate surface area is 184 Å². The van der Waals surface area contributed by atoms with Crippen LogP contribution >= 0.6 is 0 Å². The molecule has 176 valence electrons. The van der Waals surface area contributed by atoms with Crippen LogP contribution in [0.25, 0.3) is 0 Å². The molecule has 0 fully saturated rings. The first-order valence-corrected chi connectivity index (χ1v) is 10.4. The van der Waals surface area contributed by atoms with E-state index in [1.54, 1.807) is 13.2 Å². The molecule has 9 nitrogen and oxygen atoms in total. The van der Waals surface area contributed by atoms with Crippen LogP contribution in [0.5, 0.6) is 0 Å². The van der Waals surface area contributed by atoms with Crippen molar-refractivity contribution in [1.29, 1.82) is 0 Å². The second kappa shape index (κ2) is 17.6. The highest BCUT2D eigenvalue weighted by atomic mass is 16.6. The quantitative estimate of drug-likeness (QED) is 0.272. The molecule has 0 unspecified atom stereocenters. The number of rotatable bonds is 18. The second-order valence-electron chi connectivity index (χ2n) is 6.66. The van der Waals surface area contributed by atoms with Crippen LogP contribution in [0, 0.1) is 6.92 Å². The Morgan fingerprint density at radius 1 is 0.806 bits per heavy atom. The van der Waals surface area contributed by atoms with Gasteiger partial charge in [-0.25, -0.2) is 0 Å². The predicted octanol–water partition coefficient (Wildman–Crippen LogP) is 1.75. The van der Waals surface area contributed by atoms with Gasteiger partial charge >= 0.3 is 5.97 Å². The zero-order valence-corrected chi connectivity index (χ0v) is 18.8. The minimum Gasteiger partial charge on any atom is -0.463 e. The van der Waals surface area contributed by atoms with E-state index in [0.717, 1.165) is 11.1 Å². The molecule has 1 rings (SSSR count). The highest BCUT2D eigenvalue weighted by Gasteiger charge is 2.08. The summed E-state index contributed by atoms with van der Waals surface area (Å²) in [5.41, 5.74) is 2.48. The number of esters is 1. The summed E-state index contributed by atoms with van der Waals surface area (Å²) in [6, 6.07) is 5.41. The Morgan fingerprint density at radius 3 is 1.81 bits per heavy atom. The van der Waals surface area contributed by atoms with E-state index in [1.807, 2.05) is 19.1 Å². The van der Waals surface area contributed by atoms with Crippen LogP contribution < -0.4 is 5.32 Å². The zero-order valence-electron chi connectivity index (χ0n) is 18.8. The van der Waals surface area contributed by atoms with E-state index in [0.29, 0.717) is 65.1 Å². The van der Waals surface area contributed by atoms with Crippen molar-refractivity contribution in [3.05, 3.63) is 29.3 Å². The van der Waals surface area contributed by atoms with Gasteiger partial charge in [-0.05, 0) is 30.2 Å². The Morgan fingerprint density at radius 2 is 1.32 bits per heavy atom. The van der Waals surface area contributed by atoms with Gasteiger partial charge in [-0.15, -0.1) is 0 Å². The average molecular weight is 442 g/mol. The molecule has 1 aromatic rings. The molecule has 9 heteroatoms. The molecule has 1 amide bonds. The third-order valence-electron chi connectivity index (χ3n) is 4.04. The molecule has 0 saturated carbocycles. The number of nitrogens with one attached hydrogen (secondary N) is 1. The molecule has 0 atom stereocenters. The Hall–Kier alpha value is -2.04. The van der Waals surface area contributed by atoms with Crippen molar-refractivity contribution in [2.45, 2.75) is 20.3 Å². The van der Waals surface area contributed by atoms with Crippen molar-refractivity contribution >= 4 is 17.6 Å². The smallest absolute Gasteiger partial charge is 0.310 e. The first-order valence-electron chi connectivity index (χ1n) is 10.4. The molecule has 0 aliphatic rings. The molecule has 31 heavy (non-hydrogen) atoms. The van der Waals surface area contributed by atoms with E-state index < -0.39 is 0 Å². The molecular formula is C22H35NO8. The zero-order chi connectivity index (χ0) is 22.7. The van der Waals surface area contributed by atoms with Crippen LogP contribution in [-0.4, -0.2) is 85.1 Å². The van der Waals surface area contributed by atoms with Gasteiger partial charge in [0.25, 0.3) is 0 Å². The second-order valence-corrected chi connectivity index (χ2v) is 6.66. The molecule has 1 aromatic carbocycles. The predicted molar refractivity (Wildman–Crippen MR) is 115 cm³/mol. The standard InChI is InChI=1S/C22H35NO8/c1-18-16-21(23-19(2)24)5-4-20(18)17-22(25)31-15-14-30-13-12-29-11-10-28-9-8-27-7-6-26-3/h4-5,16H,6-15,17H2,1-3H3,(H,23,24). The Balaban J connectivity index is 1.96. The summed E-state index contributed by atoms with van der Waals surface area (Å²) >= 11 is 0. The SMILES string of the molecule is COCCOCCOCCOCCOCCOC(=O)Cc1ccc(NC(C)=O)cc1C. The fraction of sp³-hybridized carbons (Fsp3) is 0.636. The molecule has 0 spiro atoms. The normalized spacial score (nSPS) is 10.8. The number of hydrogen-bond donors (Lipinski definition) is 1. The maximum absolute atomic E-state index is 12.0. The molecular weight excluding hydrogens is 406 g/mol. The Kier molecular flexibility index (Phi) is 15.3. The highest BCUT2D eigenvalue weighted by molar-refractivity contribution is 5.88. The lowest BCUT2D eigenvalue weighted by atomic mass is 10.1. The number of carbonyl (C=O) groups excluding carboxylic acids is 2. The van der Waals surface area contributed by atoms with Gasteiger partial charge in [0, 0.05) is 19.7 Å². The van der Waals surface area contributed by atoms with Crippen LogP contribution in [-0.2, 0) is 44.4 Å². The summed E-state index contributed by atoms with van der Waals surface area (Å²) in [5.74, 6) is -0.455. The van der Waals surface area contributed by atoms with E-state index in [4.69, 9.17) is 28.4 Å². The summed E-state index contributed by atoms with van der Waals surface area (Å²) in [7, 11) is 1.63. The lowest BCUT2D eigenvalue weighted by Gasteiger charge is -2.10. The van der Waals surface area contributed by atoms with E-state index in [2.05, 4.69) is 5.32 Å². The summed E-state index contributed by atoms with van der Waals surface area (Å²) in [4.78, 5) is 23.0. The first-order chi connectivity index (χ1) is 15.0. The number of benzene rings is 1. The number of aryl methyl sites for hydroxylation is 1. The molecule has 0 aliphatic heterocycles. The number of amides is 1. The number of methoxy groups -OCH3 is 1. The van der Waals surface area contributed by atoms with Gasteiger partial charge < -0.3 is 33.7 Å². The third-order valence-corrected chi connectivity index (χ3v) is 4.04. The maximum atomic E-state index is 12.0. The average Bonchev–Trinajstić information content (AvgIpc) is 2.72. The third kappa shape index (κ3) is 14.6. The number of anilines is 1. The van der Waals surface area contributed by atoms with Gasteiger partial charge in [-0.3, -0.25) is 9.59 Å². The van der Waals surface area contributed by atoms with Crippen molar-refractivity contribution in [2.24, 2.45) is 0 Å². The van der Waals surface area contributed by atoms with Crippen LogP contribution in [0.2, 0.25) is 0 Å².